The Kier molecular flexibility index (Phi) is 13.1. The Balaban J connectivity index is 1.61. The van der Waals surface area contributed by atoms with Crippen LogP contribution in [0.25, 0.3) is 11.1 Å². The Morgan fingerprint density at radius 2 is 1.56 bits per heavy atom. The van der Waals surface area contributed by atoms with Gasteiger partial charge in [-0.05, 0) is 90.1 Å². The molecule has 1 atom stereocenters. The third-order valence-electron chi connectivity index (χ3n) is 9.05. The lowest BCUT2D eigenvalue weighted by molar-refractivity contribution is -0.142. The number of nitrogens with one attached hydrogen (secondary N) is 1. The van der Waals surface area contributed by atoms with Crippen LogP contribution >= 0.6 is 19.7 Å². The highest BCUT2D eigenvalue weighted by Gasteiger charge is 2.26. The van der Waals surface area contributed by atoms with Crippen LogP contribution in [0.3, 0.4) is 0 Å². The van der Waals surface area contributed by atoms with E-state index in [1.165, 1.54) is 89.2 Å². The molecule has 41 heavy (non-hydrogen) atoms. The van der Waals surface area contributed by atoms with Crippen LogP contribution in [0, 0.1) is 18.8 Å². The molecule has 1 unspecified atom stereocenters. The molecule has 2 aliphatic rings. The van der Waals surface area contributed by atoms with E-state index in [0.29, 0.717) is 12.0 Å². The van der Waals surface area contributed by atoms with Crippen molar-refractivity contribution < 1.29 is 14.3 Å². The van der Waals surface area contributed by atoms with Crippen LogP contribution in [0.4, 0.5) is 0 Å². The van der Waals surface area contributed by atoms with Gasteiger partial charge < -0.3 is 10.1 Å². The van der Waals surface area contributed by atoms with Gasteiger partial charge in [0.2, 0.25) is 0 Å². The van der Waals surface area contributed by atoms with E-state index in [0.717, 1.165) is 40.4 Å². The molecule has 0 saturated heterocycles. The minimum Gasteiger partial charge on any atom is -0.467 e. The van der Waals surface area contributed by atoms with E-state index in [1.54, 1.807) is 11.8 Å². The first-order valence-corrected chi connectivity index (χ1v) is 19.1. The van der Waals surface area contributed by atoms with Gasteiger partial charge in [-0.3, -0.25) is 4.79 Å². The SMILES string of the molecule is COC(=O)C(CCSC)NC(=O)c1ccc(CP(CC2CCCCC2)CC2CCCCC2)cc1-c1ccccc1C. The number of rotatable bonds is 13. The largest absolute Gasteiger partial charge is 0.467 e. The normalized spacial score (nSPS) is 17.4. The first-order valence-electron chi connectivity index (χ1n) is 15.8. The van der Waals surface area contributed by atoms with Gasteiger partial charge in [-0.25, -0.2) is 4.79 Å². The van der Waals surface area contributed by atoms with Crippen molar-refractivity contribution in [3.63, 3.8) is 0 Å². The minimum atomic E-state index is -0.650. The number of carbonyl (C=O) groups is 2. The molecule has 1 N–H and O–H groups in total. The molecule has 0 spiro atoms. The zero-order chi connectivity index (χ0) is 29.0. The molecule has 2 saturated carbocycles. The number of aryl methyl sites for hydroxylation is 1. The molecule has 6 heteroatoms. The lowest BCUT2D eigenvalue weighted by Gasteiger charge is -2.31. The summed E-state index contributed by atoms with van der Waals surface area (Å²) >= 11 is 1.66. The second kappa shape index (κ2) is 16.7. The van der Waals surface area contributed by atoms with E-state index in [1.807, 2.05) is 24.5 Å². The summed E-state index contributed by atoms with van der Waals surface area (Å²) in [5, 5.41) is 2.99. The summed E-state index contributed by atoms with van der Waals surface area (Å²) in [6.45, 7) is 2.11. The van der Waals surface area contributed by atoms with Crippen LogP contribution in [0.1, 0.15) is 92.1 Å². The van der Waals surface area contributed by atoms with Crippen LogP contribution in [0.15, 0.2) is 42.5 Å². The summed E-state index contributed by atoms with van der Waals surface area (Å²) in [6, 6.07) is 14.1. The monoisotopic (exact) mass is 595 g/mol. The maximum Gasteiger partial charge on any atom is 0.328 e. The number of methoxy groups -OCH3 is 1. The van der Waals surface area contributed by atoms with Crippen LogP contribution in [0.5, 0.6) is 0 Å². The lowest BCUT2D eigenvalue weighted by atomic mass is 9.91. The van der Waals surface area contributed by atoms with Crippen LogP contribution < -0.4 is 5.32 Å². The molecule has 0 radical (unpaired) electrons. The third kappa shape index (κ3) is 9.58. The molecule has 1 amide bonds. The molecule has 0 heterocycles. The number of carbonyl (C=O) groups excluding carboxylic acids is 2. The fourth-order valence-electron chi connectivity index (χ4n) is 6.78. The molecule has 224 valence electrons. The maximum absolute atomic E-state index is 13.7. The van der Waals surface area contributed by atoms with E-state index < -0.39 is 12.0 Å². The summed E-state index contributed by atoms with van der Waals surface area (Å²) in [4.78, 5) is 26.1. The predicted molar refractivity (Wildman–Crippen MR) is 176 cm³/mol. The smallest absolute Gasteiger partial charge is 0.328 e. The summed E-state index contributed by atoms with van der Waals surface area (Å²) in [7, 11) is 1.29. The average Bonchev–Trinajstić information content (AvgIpc) is 3.00. The van der Waals surface area contributed by atoms with E-state index >= 15 is 0 Å². The van der Waals surface area contributed by atoms with E-state index in [4.69, 9.17) is 4.74 Å². The molecular weight excluding hydrogens is 545 g/mol. The van der Waals surface area contributed by atoms with Crippen molar-refractivity contribution in [2.24, 2.45) is 11.8 Å². The Hall–Kier alpha value is -1.84. The molecular formula is C35H50NO3PS. The quantitative estimate of drug-likeness (QED) is 0.186. The van der Waals surface area contributed by atoms with Gasteiger partial charge in [0.25, 0.3) is 5.91 Å². The maximum atomic E-state index is 13.7. The standard InChI is InChI=1S/C35H50NO3PS/c1-26-12-10-11-17-30(26)32-22-29(18-19-31(32)34(37)36-33(20-21-41-3)35(38)39-2)25-40(23-27-13-6-4-7-14-27)24-28-15-8-5-9-16-28/h10-12,17-19,22,27-28,33H,4-9,13-16,20-21,23-25H2,1-3H3,(H,36,37). The summed E-state index contributed by atoms with van der Waals surface area (Å²) in [5.74, 6) is 1.97. The Morgan fingerprint density at radius 1 is 0.927 bits per heavy atom. The van der Waals surface area contributed by atoms with Crippen LogP contribution in [-0.2, 0) is 15.7 Å². The van der Waals surface area contributed by atoms with E-state index in [-0.39, 0.29) is 13.8 Å². The predicted octanol–water partition coefficient (Wildman–Crippen LogP) is 8.83. The van der Waals surface area contributed by atoms with Crippen molar-refractivity contribution in [1.82, 2.24) is 5.32 Å². The number of ether oxygens (including phenoxy) is 1. The number of amides is 1. The van der Waals surface area contributed by atoms with Crippen molar-refractivity contribution in [3.8, 4) is 11.1 Å². The first kappa shape index (κ1) is 32.1. The van der Waals surface area contributed by atoms with Crippen molar-refractivity contribution >= 4 is 31.6 Å². The van der Waals surface area contributed by atoms with Crippen molar-refractivity contribution in [3.05, 3.63) is 59.2 Å². The minimum absolute atomic E-state index is 0.0924. The highest BCUT2D eigenvalue weighted by atomic mass is 32.2. The third-order valence-corrected chi connectivity index (χ3v) is 12.6. The second-order valence-electron chi connectivity index (χ2n) is 12.2. The molecule has 4 nitrogen and oxygen atoms in total. The number of hydrogen-bond donors (Lipinski definition) is 1. The van der Waals surface area contributed by atoms with Crippen molar-refractivity contribution in [1.29, 1.82) is 0 Å². The van der Waals surface area contributed by atoms with Crippen molar-refractivity contribution in [2.45, 2.75) is 89.8 Å². The number of benzene rings is 2. The molecule has 2 aromatic rings. The molecule has 2 aliphatic carbocycles. The molecule has 0 bridgehead atoms. The zero-order valence-corrected chi connectivity index (χ0v) is 27.2. The molecule has 2 fully saturated rings. The lowest BCUT2D eigenvalue weighted by Crippen LogP contribution is -2.42. The molecule has 2 aromatic carbocycles. The molecule has 4 rings (SSSR count). The highest BCUT2D eigenvalue weighted by molar-refractivity contribution is 7.98. The fourth-order valence-corrected chi connectivity index (χ4v) is 10.6. The summed E-state index contributed by atoms with van der Waals surface area (Å²) < 4.78 is 5.01. The zero-order valence-electron chi connectivity index (χ0n) is 25.5. The number of esters is 1. The molecule has 0 aromatic heterocycles. The Bertz CT molecular complexity index is 1110. The van der Waals surface area contributed by atoms with E-state index in [2.05, 4.69) is 36.5 Å². The first-order chi connectivity index (χ1) is 20.0. The Morgan fingerprint density at radius 3 is 2.15 bits per heavy atom. The summed E-state index contributed by atoms with van der Waals surface area (Å²) in [6.07, 6.45) is 20.6. The average molecular weight is 596 g/mol. The van der Waals surface area contributed by atoms with Gasteiger partial charge in [0.05, 0.1) is 7.11 Å². The van der Waals surface area contributed by atoms with Gasteiger partial charge in [-0.2, -0.15) is 11.8 Å². The fraction of sp³-hybridized carbons (Fsp3) is 0.600. The topological polar surface area (TPSA) is 55.4 Å². The van der Waals surface area contributed by atoms with Gasteiger partial charge in [0, 0.05) is 5.56 Å². The van der Waals surface area contributed by atoms with Gasteiger partial charge in [-0.1, -0.05) is 94.5 Å². The van der Waals surface area contributed by atoms with Gasteiger partial charge in [0.15, 0.2) is 0 Å². The molecule has 0 aliphatic heterocycles. The number of thioether (sulfide) groups is 1. The van der Waals surface area contributed by atoms with Gasteiger partial charge >= 0.3 is 5.97 Å². The second-order valence-corrected chi connectivity index (χ2v) is 15.6. The van der Waals surface area contributed by atoms with Gasteiger partial charge in [-0.15, -0.1) is 7.92 Å². The summed E-state index contributed by atoms with van der Waals surface area (Å²) in [5.41, 5.74) is 5.19. The number of hydrogen-bond acceptors (Lipinski definition) is 4. The van der Waals surface area contributed by atoms with Crippen molar-refractivity contribution in [2.75, 3.05) is 31.4 Å². The van der Waals surface area contributed by atoms with Gasteiger partial charge in [0.1, 0.15) is 6.04 Å². The van der Waals surface area contributed by atoms with Crippen LogP contribution in [-0.4, -0.2) is 49.4 Å². The van der Waals surface area contributed by atoms with E-state index in [9.17, 15) is 9.59 Å². The van der Waals surface area contributed by atoms with Crippen LogP contribution in [0.2, 0.25) is 0 Å². The Labute approximate surface area is 253 Å². The highest BCUT2D eigenvalue weighted by Crippen LogP contribution is 2.48.